The third-order valence-corrected chi connectivity index (χ3v) is 10.8. The Bertz CT molecular complexity index is 3620. The van der Waals surface area contributed by atoms with E-state index in [1.165, 1.54) is 0 Å². The van der Waals surface area contributed by atoms with Gasteiger partial charge in [-0.15, -0.1) is 0 Å². The van der Waals surface area contributed by atoms with Crippen LogP contribution in [0.15, 0.2) is 218 Å². The number of aromatic nitrogens is 2. The van der Waals surface area contributed by atoms with Crippen molar-refractivity contribution < 1.29 is 9.60 Å². The van der Waals surface area contributed by atoms with Crippen LogP contribution >= 0.6 is 0 Å². The van der Waals surface area contributed by atoms with Gasteiger partial charge in [0.1, 0.15) is 0 Å². The van der Waals surface area contributed by atoms with Gasteiger partial charge in [-0.25, -0.2) is 0 Å². The van der Waals surface area contributed by atoms with Crippen molar-refractivity contribution in [1.82, 2.24) is 9.13 Å². The highest BCUT2D eigenvalue weighted by molar-refractivity contribution is 6.13. The standard InChI is InChI=1S/C54H36N2/c1-4-13-37(14-5-1)40-17-12-18-41(33-40)39-23-28-46(29-24-39)55-51-22-11-10-21-47(51)49-34-42(26-31-52(49)55)43-27-32-53-50(35-43)48-30-25-44(38-15-6-2-7-16-38)36-54(48)56(53)45-19-8-3-9-20-45/h1-36H/i10D,11D,21D,22D,26D,31D,34D. The maximum absolute atomic E-state index is 9.86. The van der Waals surface area contributed by atoms with Crippen molar-refractivity contribution in [1.29, 1.82) is 0 Å². The molecule has 0 saturated heterocycles. The molecule has 2 aromatic heterocycles. The lowest BCUT2D eigenvalue weighted by Crippen LogP contribution is -1.94. The van der Waals surface area contributed by atoms with Gasteiger partial charge < -0.3 is 9.13 Å². The fraction of sp³-hybridized carbons (Fsp3) is 0. The molecule has 0 bridgehead atoms. The van der Waals surface area contributed by atoms with Crippen molar-refractivity contribution in [3.05, 3.63) is 218 Å². The highest BCUT2D eigenvalue weighted by atomic mass is 15.0. The van der Waals surface area contributed by atoms with Crippen molar-refractivity contribution in [2.45, 2.75) is 0 Å². The molecule has 9 aromatic carbocycles. The maximum atomic E-state index is 9.86. The van der Waals surface area contributed by atoms with E-state index in [1.807, 2.05) is 109 Å². The SMILES string of the molecule is [2H]c1c([2H])c([2H])c2c(c1[2H])c1c([2H])c(-c3ccc4c(c3)c3ccc(-c5ccccc5)cc3n4-c3ccccc3)c([2H])c([2H])c1n2-c1ccc(-c2cccc(-c3ccccc3)c2)cc1. The minimum atomic E-state index is -0.423. The molecule has 262 valence electrons. The average molecular weight is 720 g/mol. The summed E-state index contributed by atoms with van der Waals surface area (Å²) in [6, 6.07) is 56.9. The zero-order valence-electron chi connectivity index (χ0n) is 37.1. The van der Waals surface area contributed by atoms with E-state index in [-0.39, 0.29) is 57.6 Å². The normalized spacial score (nSPS) is 13.3. The first-order valence-corrected chi connectivity index (χ1v) is 18.7. The van der Waals surface area contributed by atoms with Crippen LogP contribution in [0.3, 0.4) is 0 Å². The smallest absolute Gasteiger partial charge is 0.0645 e. The Morgan fingerprint density at radius 3 is 1.55 bits per heavy atom. The Labute approximate surface area is 335 Å². The van der Waals surface area contributed by atoms with Crippen LogP contribution in [-0.4, -0.2) is 9.13 Å². The zero-order valence-corrected chi connectivity index (χ0v) is 30.1. The molecule has 0 aliphatic heterocycles. The number of hydrogen-bond acceptors (Lipinski definition) is 0. The summed E-state index contributed by atoms with van der Waals surface area (Å²) in [4.78, 5) is 0. The van der Waals surface area contributed by atoms with Crippen molar-refractivity contribution >= 4 is 43.6 Å². The summed E-state index contributed by atoms with van der Waals surface area (Å²) in [5.74, 6) is 0. The lowest BCUT2D eigenvalue weighted by atomic mass is 9.99. The molecule has 2 heteroatoms. The number of rotatable bonds is 6. The Kier molecular flexibility index (Phi) is 6.01. The number of hydrogen-bond donors (Lipinski definition) is 0. The van der Waals surface area contributed by atoms with E-state index >= 15 is 0 Å². The van der Waals surface area contributed by atoms with E-state index in [4.69, 9.17) is 4.11 Å². The van der Waals surface area contributed by atoms with Gasteiger partial charge in [-0.1, -0.05) is 152 Å². The van der Waals surface area contributed by atoms with E-state index in [0.717, 1.165) is 60.9 Å². The summed E-state index contributed by atoms with van der Waals surface area (Å²) in [5, 5.41) is 2.24. The molecular formula is C54H36N2. The van der Waals surface area contributed by atoms with Gasteiger partial charge >= 0.3 is 0 Å². The van der Waals surface area contributed by atoms with E-state index < -0.39 is 12.1 Å². The number of benzene rings is 9. The number of nitrogens with zero attached hydrogens (tertiary/aromatic N) is 2. The highest BCUT2D eigenvalue weighted by Gasteiger charge is 2.17. The molecule has 0 fully saturated rings. The lowest BCUT2D eigenvalue weighted by Gasteiger charge is -2.11. The van der Waals surface area contributed by atoms with Crippen LogP contribution < -0.4 is 0 Å². The quantitative estimate of drug-likeness (QED) is 0.162. The molecule has 2 nitrogen and oxygen atoms in total. The van der Waals surface area contributed by atoms with Crippen LogP contribution in [0.5, 0.6) is 0 Å². The fourth-order valence-corrected chi connectivity index (χ4v) is 8.07. The third kappa shape index (κ3) is 5.34. The van der Waals surface area contributed by atoms with Crippen LogP contribution in [0.1, 0.15) is 9.60 Å². The molecule has 0 aliphatic rings. The topological polar surface area (TPSA) is 9.86 Å². The highest BCUT2D eigenvalue weighted by Crippen LogP contribution is 2.39. The molecular weight excluding hydrogens is 677 g/mol. The summed E-state index contributed by atoms with van der Waals surface area (Å²) in [6.07, 6.45) is 0. The number of para-hydroxylation sites is 2. The van der Waals surface area contributed by atoms with Gasteiger partial charge in [0, 0.05) is 32.9 Å². The molecule has 0 unspecified atom stereocenters. The maximum Gasteiger partial charge on any atom is 0.0645 e. The van der Waals surface area contributed by atoms with Crippen molar-refractivity contribution in [2.24, 2.45) is 0 Å². The second-order valence-corrected chi connectivity index (χ2v) is 14.0. The Hall–Kier alpha value is -7.42. The molecule has 11 rings (SSSR count). The predicted molar refractivity (Wildman–Crippen MR) is 237 cm³/mol. The van der Waals surface area contributed by atoms with Crippen molar-refractivity contribution in [2.75, 3.05) is 0 Å². The van der Waals surface area contributed by atoms with Crippen LogP contribution in [-0.2, 0) is 0 Å². The predicted octanol–water partition coefficient (Wildman–Crippen LogP) is 14.5. The van der Waals surface area contributed by atoms with Crippen LogP contribution in [0, 0.1) is 0 Å². The summed E-state index contributed by atoms with van der Waals surface area (Å²) >= 11 is 0. The fourth-order valence-electron chi connectivity index (χ4n) is 8.07. The van der Waals surface area contributed by atoms with Gasteiger partial charge in [-0.05, 0) is 111 Å². The molecule has 0 saturated carbocycles. The zero-order chi connectivity index (χ0) is 43.1. The van der Waals surface area contributed by atoms with E-state index in [9.17, 15) is 5.48 Å². The average Bonchev–Trinajstić information content (AvgIpc) is 3.87. The van der Waals surface area contributed by atoms with Gasteiger partial charge in [0.25, 0.3) is 0 Å². The van der Waals surface area contributed by atoms with Gasteiger partial charge in [-0.2, -0.15) is 0 Å². The van der Waals surface area contributed by atoms with Crippen LogP contribution in [0.2, 0.25) is 0 Å². The molecule has 11 aromatic rings. The summed E-state index contributed by atoms with van der Waals surface area (Å²) in [5.41, 5.74) is 10.9. The van der Waals surface area contributed by atoms with Crippen molar-refractivity contribution in [3.8, 4) is 55.9 Å². The molecule has 0 atom stereocenters. The lowest BCUT2D eigenvalue weighted by molar-refractivity contribution is 1.18. The van der Waals surface area contributed by atoms with Gasteiger partial charge in [0.05, 0.1) is 31.7 Å². The van der Waals surface area contributed by atoms with Crippen molar-refractivity contribution in [3.63, 3.8) is 0 Å². The van der Waals surface area contributed by atoms with Crippen LogP contribution in [0.4, 0.5) is 0 Å². The minimum Gasteiger partial charge on any atom is -0.309 e. The Morgan fingerprint density at radius 2 is 0.821 bits per heavy atom. The van der Waals surface area contributed by atoms with E-state index in [1.54, 1.807) is 4.57 Å². The Balaban J connectivity index is 1.12. The van der Waals surface area contributed by atoms with Gasteiger partial charge in [0.15, 0.2) is 0 Å². The second-order valence-electron chi connectivity index (χ2n) is 14.0. The van der Waals surface area contributed by atoms with Gasteiger partial charge in [-0.3, -0.25) is 0 Å². The molecule has 0 aliphatic carbocycles. The summed E-state index contributed by atoms with van der Waals surface area (Å²) < 4.78 is 68.6. The first-order valence-electron chi connectivity index (χ1n) is 22.2. The molecule has 0 spiro atoms. The molecule has 56 heavy (non-hydrogen) atoms. The molecule has 2 heterocycles. The minimum absolute atomic E-state index is 0.0772. The van der Waals surface area contributed by atoms with Crippen LogP contribution in [0.25, 0.3) is 99.5 Å². The molecule has 0 N–H and O–H groups in total. The van der Waals surface area contributed by atoms with Gasteiger partial charge in [0.2, 0.25) is 0 Å². The monoisotopic (exact) mass is 719 g/mol. The third-order valence-electron chi connectivity index (χ3n) is 10.8. The molecule has 0 radical (unpaired) electrons. The second kappa shape index (κ2) is 13.2. The summed E-state index contributed by atoms with van der Waals surface area (Å²) in [6.45, 7) is 0. The summed E-state index contributed by atoms with van der Waals surface area (Å²) in [7, 11) is 0. The number of fused-ring (bicyclic) bond motifs is 6. The Morgan fingerprint density at radius 1 is 0.286 bits per heavy atom. The first kappa shape index (κ1) is 25.6. The largest absolute Gasteiger partial charge is 0.309 e. The first-order chi connectivity index (χ1) is 30.7. The van der Waals surface area contributed by atoms with E-state index in [0.29, 0.717) is 11.3 Å². The molecule has 0 amide bonds. The van der Waals surface area contributed by atoms with E-state index in [2.05, 4.69) is 71.3 Å².